The van der Waals surface area contributed by atoms with Crippen LogP contribution in [0.3, 0.4) is 0 Å². The van der Waals surface area contributed by atoms with Crippen LogP contribution in [0.25, 0.3) is 0 Å². The van der Waals surface area contributed by atoms with E-state index in [-0.39, 0.29) is 19.1 Å². The number of imide groups is 1. The van der Waals surface area contributed by atoms with Crippen LogP contribution in [-0.4, -0.2) is 36.0 Å². The molecular weight excluding hydrogens is 318 g/mol. The van der Waals surface area contributed by atoms with Crippen molar-refractivity contribution in [1.82, 2.24) is 10.2 Å². The van der Waals surface area contributed by atoms with Gasteiger partial charge in [-0.2, -0.15) is 5.26 Å². The minimum atomic E-state index is -0.537. The SMILES string of the molecule is N#Cc1ccc(OCCN2C(=O)N[C@H](Cc3ccccc3)C2=O)cc1. The molecule has 1 saturated heterocycles. The number of benzene rings is 2. The zero-order valence-corrected chi connectivity index (χ0v) is 13.5. The lowest BCUT2D eigenvalue weighted by Gasteiger charge is -2.14. The summed E-state index contributed by atoms with van der Waals surface area (Å²) in [4.78, 5) is 25.6. The largest absolute Gasteiger partial charge is 0.492 e. The Hall–Kier alpha value is -3.33. The molecule has 0 saturated carbocycles. The third kappa shape index (κ3) is 3.96. The average molecular weight is 335 g/mol. The molecule has 2 aromatic rings. The van der Waals surface area contributed by atoms with Crippen molar-refractivity contribution in [3.05, 3.63) is 65.7 Å². The van der Waals surface area contributed by atoms with Crippen molar-refractivity contribution in [2.24, 2.45) is 0 Å². The number of urea groups is 1. The normalized spacial score (nSPS) is 16.4. The first-order chi connectivity index (χ1) is 12.2. The van der Waals surface area contributed by atoms with Gasteiger partial charge in [-0.1, -0.05) is 30.3 Å². The van der Waals surface area contributed by atoms with Gasteiger partial charge in [0.1, 0.15) is 18.4 Å². The van der Waals surface area contributed by atoms with E-state index in [0.717, 1.165) is 5.56 Å². The second kappa shape index (κ2) is 7.49. The Kier molecular flexibility index (Phi) is 4.95. The van der Waals surface area contributed by atoms with E-state index in [1.165, 1.54) is 4.90 Å². The molecule has 3 amide bonds. The van der Waals surface area contributed by atoms with Gasteiger partial charge in [-0.3, -0.25) is 9.69 Å². The Morgan fingerprint density at radius 2 is 1.80 bits per heavy atom. The summed E-state index contributed by atoms with van der Waals surface area (Å²) in [6, 6.07) is 17.3. The molecule has 1 heterocycles. The van der Waals surface area contributed by atoms with Crippen molar-refractivity contribution in [1.29, 1.82) is 5.26 Å². The summed E-state index contributed by atoms with van der Waals surface area (Å²) in [6.45, 7) is 0.374. The van der Waals surface area contributed by atoms with Crippen molar-refractivity contribution >= 4 is 11.9 Å². The number of ether oxygens (including phenoxy) is 1. The number of amides is 3. The maximum Gasteiger partial charge on any atom is 0.324 e. The van der Waals surface area contributed by atoms with E-state index in [9.17, 15) is 9.59 Å². The standard InChI is InChI=1S/C19H17N3O3/c20-13-15-6-8-16(9-7-15)25-11-10-22-18(23)17(21-19(22)24)12-14-4-2-1-3-5-14/h1-9,17H,10-12H2,(H,21,24)/t17-/m1/s1. The van der Waals surface area contributed by atoms with Crippen LogP contribution in [-0.2, 0) is 11.2 Å². The Morgan fingerprint density at radius 3 is 2.48 bits per heavy atom. The minimum Gasteiger partial charge on any atom is -0.492 e. The number of rotatable bonds is 6. The maximum atomic E-state index is 12.4. The minimum absolute atomic E-state index is 0.177. The van der Waals surface area contributed by atoms with Gasteiger partial charge in [-0.25, -0.2) is 4.79 Å². The van der Waals surface area contributed by atoms with Crippen LogP contribution in [0.4, 0.5) is 4.79 Å². The zero-order chi connectivity index (χ0) is 17.6. The van der Waals surface area contributed by atoms with Crippen LogP contribution >= 0.6 is 0 Å². The Bertz CT molecular complexity index is 797. The fourth-order valence-electron chi connectivity index (χ4n) is 2.66. The van der Waals surface area contributed by atoms with E-state index in [1.807, 2.05) is 36.4 Å². The van der Waals surface area contributed by atoms with Crippen LogP contribution in [0.2, 0.25) is 0 Å². The fraction of sp³-hybridized carbons (Fsp3) is 0.211. The van der Waals surface area contributed by atoms with Crippen LogP contribution < -0.4 is 10.1 Å². The number of nitrogens with one attached hydrogen (secondary N) is 1. The van der Waals surface area contributed by atoms with Crippen molar-refractivity contribution in [3.8, 4) is 11.8 Å². The quantitative estimate of drug-likeness (QED) is 0.820. The molecule has 0 spiro atoms. The van der Waals surface area contributed by atoms with E-state index in [4.69, 9.17) is 10.00 Å². The molecule has 1 atom stereocenters. The molecular formula is C19H17N3O3. The first kappa shape index (κ1) is 16.5. The summed E-state index contributed by atoms with van der Waals surface area (Å²) in [5.74, 6) is 0.351. The first-order valence-corrected chi connectivity index (χ1v) is 7.96. The van der Waals surface area contributed by atoms with Gasteiger partial charge in [0.15, 0.2) is 0 Å². The van der Waals surface area contributed by atoms with Gasteiger partial charge in [0.2, 0.25) is 0 Å². The Labute approximate surface area is 145 Å². The number of hydrogen-bond donors (Lipinski definition) is 1. The highest BCUT2D eigenvalue weighted by atomic mass is 16.5. The number of hydrogen-bond acceptors (Lipinski definition) is 4. The Balaban J connectivity index is 1.53. The zero-order valence-electron chi connectivity index (χ0n) is 13.5. The molecule has 6 nitrogen and oxygen atoms in total. The molecule has 1 N–H and O–H groups in total. The van der Waals surface area contributed by atoms with Crippen molar-refractivity contribution < 1.29 is 14.3 Å². The molecule has 0 bridgehead atoms. The van der Waals surface area contributed by atoms with Crippen LogP contribution in [0, 0.1) is 11.3 Å². The monoisotopic (exact) mass is 335 g/mol. The lowest BCUT2D eigenvalue weighted by Crippen LogP contribution is -2.35. The Morgan fingerprint density at radius 1 is 1.08 bits per heavy atom. The molecule has 0 unspecified atom stereocenters. The van der Waals surface area contributed by atoms with E-state index in [1.54, 1.807) is 24.3 Å². The van der Waals surface area contributed by atoms with Gasteiger partial charge in [0.05, 0.1) is 18.2 Å². The molecule has 3 rings (SSSR count). The molecule has 1 aliphatic heterocycles. The molecule has 1 aliphatic rings. The molecule has 0 aliphatic carbocycles. The summed E-state index contributed by atoms with van der Waals surface area (Å²) in [5.41, 5.74) is 1.54. The number of carbonyl (C=O) groups excluding carboxylic acids is 2. The van der Waals surface area contributed by atoms with Crippen molar-refractivity contribution in [3.63, 3.8) is 0 Å². The van der Waals surface area contributed by atoms with E-state index in [2.05, 4.69) is 5.32 Å². The maximum absolute atomic E-state index is 12.4. The summed E-state index contributed by atoms with van der Waals surface area (Å²) < 4.78 is 5.53. The lowest BCUT2D eigenvalue weighted by atomic mass is 10.1. The summed E-state index contributed by atoms with van der Waals surface area (Å²) in [5, 5.41) is 11.5. The van der Waals surface area contributed by atoms with Gasteiger partial charge in [0.25, 0.3) is 5.91 Å². The van der Waals surface area contributed by atoms with Crippen LogP contribution in [0.5, 0.6) is 5.75 Å². The lowest BCUT2D eigenvalue weighted by molar-refractivity contribution is -0.127. The molecule has 0 aromatic heterocycles. The van der Waals surface area contributed by atoms with Gasteiger partial charge in [0, 0.05) is 6.42 Å². The summed E-state index contributed by atoms with van der Waals surface area (Å²) >= 11 is 0. The third-order valence-electron chi connectivity index (χ3n) is 3.96. The van der Waals surface area contributed by atoms with Gasteiger partial charge in [-0.15, -0.1) is 0 Å². The number of nitriles is 1. The van der Waals surface area contributed by atoms with Gasteiger partial charge in [-0.05, 0) is 29.8 Å². The van der Waals surface area contributed by atoms with E-state index >= 15 is 0 Å². The molecule has 126 valence electrons. The molecule has 25 heavy (non-hydrogen) atoms. The van der Waals surface area contributed by atoms with E-state index < -0.39 is 12.1 Å². The second-order valence-electron chi connectivity index (χ2n) is 5.67. The topological polar surface area (TPSA) is 82.4 Å². The van der Waals surface area contributed by atoms with Gasteiger partial charge < -0.3 is 10.1 Å². The average Bonchev–Trinajstić information content (AvgIpc) is 2.90. The number of nitrogens with zero attached hydrogens (tertiary/aromatic N) is 2. The van der Waals surface area contributed by atoms with Crippen molar-refractivity contribution in [2.75, 3.05) is 13.2 Å². The highest BCUT2D eigenvalue weighted by Crippen LogP contribution is 2.14. The van der Waals surface area contributed by atoms with Crippen molar-refractivity contribution in [2.45, 2.75) is 12.5 Å². The summed E-state index contributed by atoms with van der Waals surface area (Å²) in [6.07, 6.45) is 0.471. The molecule has 6 heteroatoms. The fourth-order valence-corrected chi connectivity index (χ4v) is 2.66. The van der Waals surface area contributed by atoms with Crippen LogP contribution in [0.1, 0.15) is 11.1 Å². The highest BCUT2D eigenvalue weighted by molar-refractivity contribution is 6.04. The third-order valence-corrected chi connectivity index (χ3v) is 3.96. The summed E-state index contributed by atoms with van der Waals surface area (Å²) in [7, 11) is 0. The smallest absolute Gasteiger partial charge is 0.324 e. The first-order valence-electron chi connectivity index (χ1n) is 7.96. The predicted molar refractivity (Wildman–Crippen MR) is 90.8 cm³/mol. The predicted octanol–water partition coefficient (Wildman–Crippen LogP) is 2.10. The van der Waals surface area contributed by atoms with E-state index in [0.29, 0.717) is 17.7 Å². The molecule has 0 radical (unpaired) electrons. The molecule has 2 aromatic carbocycles. The highest BCUT2D eigenvalue weighted by Gasteiger charge is 2.37. The van der Waals surface area contributed by atoms with Crippen LogP contribution in [0.15, 0.2) is 54.6 Å². The molecule has 1 fully saturated rings. The second-order valence-corrected chi connectivity index (χ2v) is 5.67. The number of carbonyl (C=O) groups is 2. The van der Waals surface area contributed by atoms with Gasteiger partial charge >= 0.3 is 6.03 Å².